The number of hydrazone groups is 1. The van der Waals surface area contributed by atoms with E-state index in [2.05, 4.69) is 50.0 Å². The van der Waals surface area contributed by atoms with Crippen molar-refractivity contribution in [2.24, 2.45) is 16.9 Å². The Bertz CT molecular complexity index is 945. The largest absolute Gasteiger partial charge is 0.484 e. The molecular weight excluding hydrogens is 420 g/mol. The van der Waals surface area contributed by atoms with E-state index >= 15 is 0 Å². The molecule has 0 aliphatic carbocycles. The highest BCUT2D eigenvalue weighted by Crippen LogP contribution is 2.26. The Morgan fingerprint density at radius 2 is 1.76 bits per heavy atom. The molecule has 0 bridgehead atoms. The predicted molar refractivity (Wildman–Crippen MR) is 132 cm³/mol. The predicted octanol–water partition coefficient (Wildman–Crippen LogP) is 4.80. The first-order valence-corrected chi connectivity index (χ1v) is 11.3. The zero-order valence-corrected chi connectivity index (χ0v) is 20.1. The quantitative estimate of drug-likeness (QED) is 0.282. The van der Waals surface area contributed by atoms with E-state index in [1.54, 1.807) is 6.07 Å². The maximum atomic E-state index is 12.1. The van der Waals surface area contributed by atoms with Crippen LogP contribution in [0.15, 0.2) is 47.6 Å². The number of amides is 1. The smallest absolute Gasteiger partial charge is 0.277 e. The second-order valence-electron chi connectivity index (χ2n) is 8.77. The van der Waals surface area contributed by atoms with Gasteiger partial charge in [-0.1, -0.05) is 46.8 Å². The summed E-state index contributed by atoms with van der Waals surface area (Å²) in [5, 5.41) is 15.3. The van der Waals surface area contributed by atoms with Gasteiger partial charge < -0.3 is 9.64 Å². The molecule has 178 valence electrons. The van der Waals surface area contributed by atoms with Crippen LogP contribution in [0.5, 0.6) is 5.75 Å². The van der Waals surface area contributed by atoms with Crippen molar-refractivity contribution in [3.05, 3.63) is 63.7 Å². The summed E-state index contributed by atoms with van der Waals surface area (Å²) in [6.45, 7) is 12.0. The third-order valence-corrected chi connectivity index (χ3v) is 4.83. The van der Waals surface area contributed by atoms with Crippen molar-refractivity contribution < 1.29 is 14.5 Å². The maximum absolute atomic E-state index is 12.1. The number of nitrogens with zero attached hydrogens (tertiary/aromatic N) is 3. The van der Waals surface area contributed by atoms with Crippen LogP contribution >= 0.6 is 0 Å². The molecule has 0 aliphatic heterocycles. The van der Waals surface area contributed by atoms with Crippen molar-refractivity contribution in [3.63, 3.8) is 0 Å². The molecule has 0 spiro atoms. The molecule has 2 rings (SSSR count). The number of anilines is 1. The van der Waals surface area contributed by atoms with Gasteiger partial charge in [-0.05, 0) is 42.0 Å². The van der Waals surface area contributed by atoms with Crippen molar-refractivity contribution >= 4 is 23.5 Å². The fourth-order valence-electron chi connectivity index (χ4n) is 3.38. The van der Waals surface area contributed by atoms with Crippen LogP contribution in [0.25, 0.3) is 0 Å². The number of nitrogens with one attached hydrogen (secondary N) is 1. The third kappa shape index (κ3) is 8.56. The lowest BCUT2D eigenvalue weighted by atomic mass is 10.1. The zero-order chi connectivity index (χ0) is 24.4. The average molecular weight is 455 g/mol. The van der Waals surface area contributed by atoms with Crippen LogP contribution in [0.1, 0.15) is 45.7 Å². The van der Waals surface area contributed by atoms with Gasteiger partial charge in [0.2, 0.25) is 0 Å². The maximum Gasteiger partial charge on any atom is 0.277 e. The van der Waals surface area contributed by atoms with Crippen LogP contribution < -0.4 is 15.1 Å². The molecule has 8 nitrogen and oxygen atoms in total. The molecule has 0 atom stereocenters. The fraction of sp³-hybridized carbons (Fsp3) is 0.440. The molecule has 2 aromatic rings. The van der Waals surface area contributed by atoms with Gasteiger partial charge in [0.25, 0.3) is 11.6 Å². The van der Waals surface area contributed by atoms with Gasteiger partial charge in [-0.3, -0.25) is 14.9 Å². The molecule has 0 heterocycles. The van der Waals surface area contributed by atoms with Crippen LogP contribution in [-0.2, 0) is 11.2 Å². The number of rotatable bonds is 12. The summed E-state index contributed by atoms with van der Waals surface area (Å²) in [6, 6.07) is 12.3. The summed E-state index contributed by atoms with van der Waals surface area (Å²) in [5.41, 5.74) is 5.01. The van der Waals surface area contributed by atoms with Crippen LogP contribution in [-0.4, -0.2) is 36.7 Å². The number of benzene rings is 2. The molecule has 33 heavy (non-hydrogen) atoms. The summed E-state index contributed by atoms with van der Waals surface area (Å²) in [6.07, 6.45) is 2.38. The number of carbonyl (C=O) groups excluding carboxylic acids is 1. The molecule has 0 unspecified atom stereocenters. The van der Waals surface area contributed by atoms with E-state index in [1.165, 1.54) is 23.9 Å². The van der Waals surface area contributed by atoms with Gasteiger partial charge in [-0.2, -0.15) is 5.10 Å². The monoisotopic (exact) mass is 454 g/mol. The Morgan fingerprint density at radius 1 is 1.12 bits per heavy atom. The molecule has 0 aromatic heterocycles. The molecule has 0 aliphatic rings. The third-order valence-electron chi connectivity index (χ3n) is 4.83. The highest BCUT2D eigenvalue weighted by molar-refractivity contribution is 5.90. The number of hydrogen-bond donors (Lipinski definition) is 1. The van der Waals surface area contributed by atoms with Gasteiger partial charge in [0.1, 0.15) is 5.75 Å². The Balaban J connectivity index is 2.12. The highest BCUT2D eigenvalue weighted by Gasteiger charge is 2.17. The van der Waals surface area contributed by atoms with Crippen molar-refractivity contribution in [1.82, 2.24) is 5.43 Å². The van der Waals surface area contributed by atoms with E-state index in [1.807, 2.05) is 24.3 Å². The second-order valence-corrected chi connectivity index (χ2v) is 8.77. The number of carbonyl (C=O) groups is 1. The normalized spacial score (nSPS) is 11.2. The van der Waals surface area contributed by atoms with E-state index in [0.717, 1.165) is 25.2 Å². The van der Waals surface area contributed by atoms with Crippen LogP contribution in [0.3, 0.4) is 0 Å². The van der Waals surface area contributed by atoms with E-state index in [0.29, 0.717) is 23.1 Å². The molecule has 0 radical (unpaired) electrons. The number of nitro benzene ring substituents is 1. The Kier molecular flexibility index (Phi) is 9.84. The lowest BCUT2D eigenvalue weighted by molar-refractivity contribution is -0.384. The van der Waals surface area contributed by atoms with Crippen molar-refractivity contribution in [2.75, 3.05) is 24.6 Å². The molecule has 2 aromatic carbocycles. The van der Waals surface area contributed by atoms with E-state index in [9.17, 15) is 14.9 Å². The van der Waals surface area contributed by atoms with Gasteiger partial charge >= 0.3 is 0 Å². The molecule has 0 fully saturated rings. The van der Waals surface area contributed by atoms with Gasteiger partial charge in [0, 0.05) is 36.5 Å². The summed E-state index contributed by atoms with van der Waals surface area (Å²) in [4.78, 5) is 25.2. The first kappa shape index (κ1) is 25.8. The molecule has 0 saturated carbocycles. The standard InChI is InChI=1S/C25H34N4O4/c1-6-20-7-10-23(11-8-20)33-17-25(30)27-26-14-21-13-22(29(31)32)9-12-24(21)28(15-18(2)3)16-19(4)5/h7-14,18-19H,6,15-17H2,1-5H3,(H,27,30)/b26-14-. The Labute approximate surface area is 195 Å². The number of aryl methyl sites for hydroxylation is 1. The lowest BCUT2D eigenvalue weighted by Gasteiger charge is -2.29. The Morgan fingerprint density at radius 3 is 2.30 bits per heavy atom. The topological polar surface area (TPSA) is 97.1 Å². The van der Waals surface area contributed by atoms with Gasteiger partial charge in [-0.25, -0.2) is 5.43 Å². The summed E-state index contributed by atoms with van der Waals surface area (Å²) >= 11 is 0. The second kappa shape index (κ2) is 12.6. The first-order chi connectivity index (χ1) is 15.7. The van der Waals surface area contributed by atoms with Crippen molar-refractivity contribution in [1.29, 1.82) is 0 Å². The fourth-order valence-corrected chi connectivity index (χ4v) is 3.38. The minimum Gasteiger partial charge on any atom is -0.484 e. The number of ether oxygens (including phenoxy) is 1. The summed E-state index contributed by atoms with van der Waals surface area (Å²) < 4.78 is 5.49. The van der Waals surface area contributed by atoms with E-state index < -0.39 is 10.8 Å². The summed E-state index contributed by atoms with van der Waals surface area (Å²) in [5.74, 6) is 1.00. The zero-order valence-electron chi connectivity index (χ0n) is 20.1. The molecule has 1 amide bonds. The van der Waals surface area contributed by atoms with Crippen LogP contribution in [0.4, 0.5) is 11.4 Å². The minimum atomic E-state index is -0.438. The lowest BCUT2D eigenvalue weighted by Crippen LogP contribution is -2.32. The van der Waals surface area contributed by atoms with Crippen LogP contribution in [0, 0.1) is 22.0 Å². The summed E-state index contributed by atoms with van der Waals surface area (Å²) in [7, 11) is 0. The molecule has 1 N–H and O–H groups in total. The van der Waals surface area contributed by atoms with E-state index in [4.69, 9.17) is 4.74 Å². The number of non-ortho nitro benzene ring substituents is 1. The van der Waals surface area contributed by atoms with Gasteiger partial charge in [0.15, 0.2) is 6.61 Å². The Hall–Kier alpha value is -3.42. The molecule has 0 saturated heterocycles. The number of hydrogen-bond acceptors (Lipinski definition) is 6. The first-order valence-electron chi connectivity index (χ1n) is 11.3. The average Bonchev–Trinajstić information content (AvgIpc) is 2.76. The molecule has 8 heteroatoms. The SMILES string of the molecule is CCc1ccc(OCC(=O)N/N=C\c2cc([N+](=O)[O-])ccc2N(CC(C)C)CC(C)C)cc1. The molecular formula is C25H34N4O4. The number of nitro groups is 1. The van der Waals surface area contributed by atoms with Crippen molar-refractivity contribution in [2.45, 2.75) is 41.0 Å². The van der Waals surface area contributed by atoms with E-state index in [-0.39, 0.29) is 12.3 Å². The minimum absolute atomic E-state index is 0.0283. The van der Waals surface area contributed by atoms with Gasteiger partial charge in [0.05, 0.1) is 11.1 Å². The van der Waals surface area contributed by atoms with Gasteiger partial charge in [-0.15, -0.1) is 0 Å². The van der Waals surface area contributed by atoms with Crippen molar-refractivity contribution in [3.8, 4) is 5.75 Å². The van der Waals surface area contributed by atoms with Crippen LogP contribution in [0.2, 0.25) is 0 Å². The highest BCUT2D eigenvalue weighted by atomic mass is 16.6.